The lowest BCUT2D eigenvalue weighted by molar-refractivity contribution is -0.0717. The van der Waals surface area contributed by atoms with Gasteiger partial charge in [0.15, 0.2) is 0 Å². The van der Waals surface area contributed by atoms with Crippen LogP contribution in [0.15, 0.2) is 0 Å². The van der Waals surface area contributed by atoms with E-state index in [9.17, 15) is 0 Å². The second kappa shape index (κ2) is 4.66. The van der Waals surface area contributed by atoms with Crippen molar-refractivity contribution in [2.24, 2.45) is 5.41 Å². The van der Waals surface area contributed by atoms with E-state index in [0.29, 0.717) is 5.41 Å². The number of hydrogen-bond donors (Lipinski definition) is 1. The highest BCUT2D eigenvalue weighted by molar-refractivity contribution is 4.93. The molecule has 0 spiro atoms. The van der Waals surface area contributed by atoms with Gasteiger partial charge < -0.3 is 10.1 Å². The minimum absolute atomic E-state index is 0.187. The molecule has 2 aliphatic carbocycles. The molecule has 0 amide bonds. The van der Waals surface area contributed by atoms with Crippen LogP contribution in [0.3, 0.4) is 0 Å². The molecule has 16 heavy (non-hydrogen) atoms. The molecule has 2 heteroatoms. The van der Waals surface area contributed by atoms with Crippen molar-refractivity contribution in [3.05, 3.63) is 0 Å². The number of nitrogens with one attached hydrogen (secondary N) is 1. The molecule has 0 aromatic heterocycles. The third kappa shape index (κ3) is 2.78. The Balaban J connectivity index is 1.71. The van der Waals surface area contributed by atoms with Gasteiger partial charge in [-0.3, -0.25) is 0 Å². The Morgan fingerprint density at radius 3 is 2.19 bits per heavy atom. The first kappa shape index (κ1) is 12.4. The lowest BCUT2D eigenvalue weighted by Crippen LogP contribution is -2.51. The third-order valence-corrected chi connectivity index (χ3v) is 4.75. The Hall–Kier alpha value is -0.0800. The highest BCUT2D eigenvalue weighted by Gasteiger charge is 2.37. The third-order valence-electron chi connectivity index (χ3n) is 4.75. The van der Waals surface area contributed by atoms with Crippen LogP contribution in [0.5, 0.6) is 0 Å². The number of methoxy groups -OCH3 is 1. The standard InChI is InChI=1S/C14H27NO/c1-13(2)9-5-12(6-10-13)15-11-14(16-3)7-4-8-14/h12,15H,4-11H2,1-3H3. The molecule has 0 aromatic carbocycles. The summed E-state index contributed by atoms with van der Waals surface area (Å²) in [5.74, 6) is 0. The molecular weight excluding hydrogens is 198 g/mol. The molecule has 0 saturated heterocycles. The Morgan fingerprint density at radius 2 is 1.75 bits per heavy atom. The largest absolute Gasteiger partial charge is 0.377 e. The van der Waals surface area contributed by atoms with Crippen LogP contribution in [0.1, 0.15) is 58.8 Å². The fourth-order valence-corrected chi connectivity index (χ4v) is 2.96. The van der Waals surface area contributed by atoms with E-state index in [1.807, 2.05) is 7.11 Å². The summed E-state index contributed by atoms with van der Waals surface area (Å²) in [4.78, 5) is 0. The molecule has 1 N–H and O–H groups in total. The van der Waals surface area contributed by atoms with E-state index in [2.05, 4.69) is 19.2 Å². The number of hydrogen-bond acceptors (Lipinski definition) is 2. The minimum atomic E-state index is 0.187. The molecule has 0 unspecified atom stereocenters. The van der Waals surface area contributed by atoms with E-state index < -0.39 is 0 Å². The van der Waals surface area contributed by atoms with Gasteiger partial charge in [-0.2, -0.15) is 0 Å². The van der Waals surface area contributed by atoms with Gasteiger partial charge in [-0.1, -0.05) is 13.8 Å². The SMILES string of the molecule is COC1(CNC2CCC(C)(C)CC2)CCC1. The van der Waals surface area contributed by atoms with Gasteiger partial charge in [0.1, 0.15) is 0 Å². The zero-order valence-electron chi connectivity index (χ0n) is 11.1. The summed E-state index contributed by atoms with van der Waals surface area (Å²) < 4.78 is 5.64. The van der Waals surface area contributed by atoms with Crippen LogP contribution >= 0.6 is 0 Å². The Morgan fingerprint density at radius 1 is 1.12 bits per heavy atom. The highest BCUT2D eigenvalue weighted by atomic mass is 16.5. The summed E-state index contributed by atoms with van der Waals surface area (Å²) in [5, 5.41) is 3.73. The summed E-state index contributed by atoms with van der Waals surface area (Å²) in [6.45, 7) is 5.85. The van der Waals surface area contributed by atoms with Gasteiger partial charge in [0.2, 0.25) is 0 Å². The second-order valence-electron chi connectivity index (χ2n) is 6.56. The zero-order chi connectivity index (χ0) is 11.6. The first-order valence-corrected chi connectivity index (χ1v) is 6.84. The van der Waals surface area contributed by atoms with Crippen LogP contribution in [-0.2, 0) is 4.74 Å². The smallest absolute Gasteiger partial charge is 0.0802 e. The van der Waals surface area contributed by atoms with E-state index in [1.54, 1.807) is 0 Å². The lowest BCUT2D eigenvalue weighted by atomic mass is 9.75. The summed E-state index contributed by atoms with van der Waals surface area (Å²) >= 11 is 0. The second-order valence-corrected chi connectivity index (χ2v) is 6.56. The number of rotatable bonds is 4. The van der Waals surface area contributed by atoms with E-state index in [4.69, 9.17) is 4.74 Å². The van der Waals surface area contributed by atoms with Gasteiger partial charge in [-0.15, -0.1) is 0 Å². The maximum absolute atomic E-state index is 5.64. The summed E-state index contributed by atoms with van der Waals surface area (Å²) in [6.07, 6.45) is 9.24. The number of ether oxygens (including phenoxy) is 1. The van der Waals surface area contributed by atoms with Crippen LogP contribution in [0.4, 0.5) is 0 Å². The van der Waals surface area contributed by atoms with E-state index in [0.717, 1.165) is 12.6 Å². The molecular formula is C14H27NO. The first-order chi connectivity index (χ1) is 7.55. The molecule has 0 radical (unpaired) electrons. The van der Waals surface area contributed by atoms with E-state index >= 15 is 0 Å². The molecule has 0 bridgehead atoms. The van der Waals surface area contributed by atoms with Crippen molar-refractivity contribution in [1.29, 1.82) is 0 Å². The Bertz CT molecular complexity index is 217. The van der Waals surface area contributed by atoms with Gasteiger partial charge in [-0.05, 0) is 50.4 Å². The molecule has 2 saturated carbocycles. The maximum atomic E-state index is 5.64. The minimum Gasteiger partial charge on any atom is -0.377 e. The first-order valence-electron chi connectivity index (χ1n) is 6.84. The Labute approximate surface area is 100 Å². The highest BCUT2D eigenvalue weighted by Crippen LogP contribution is 2.37. The van der Waals surface area contributed by atoms with Gasteiger partial charge in [-0.25, -0.2) is 0 Å². The zero-order valence-corrected chi connectivity index (χ0v) is 11.1. The van der Waals surface area contributed by atoms with Crippen LogP contribution in [0.2, 0.25) is 0 Å². The van der Waals surface area contributed by atoms with Gasteiger partial charge in [0, 0.05) is 19.7 Å². The van der Waals surface area contributed by atoms with Crippen LogP contribution in [0.25, 0.3) is 0 Å². The van der Waals surface area contributed by atoms with Crippen LogP contribution in [0, 0.1) is 5.41 Å². The topological polar surface area (TPSA) is 21.3 Å². The molecule has 0 heterocycles. The normalized spacial score (nSPS) is 28.7. The van der Waals surface area contributed by atoms with Crippen molar-refractivity contribution >= 4 is 0 Å². The quantitative estimate of drug-likeness (QED) is 0.794. The molecule has 2 fully saturated rings. The predicted octanol–water partition coefficient (Wildman–Crippen LogP) is 3.11. The maximum Gasteiger partial charge on any atom is 0.0802 e. The van der Waals surface area contributed by atoms with Crippen molar-refractivity contribution in [3.8, 4) is 0 Å². The summed E-state index contributed by atoms with van der Waals surface area (Å²) in [5.41, 5.74) is 0.764. The van der Waals surface area contributed by atoms with Gasteiger partial charge >= 0.3 is 0 Å². The molecule has 2 nitrogen and oxygen atoms in total. The van der Waals surface area contributed by atoms with Gasteiger partial charge in [0.05, 0.1) is 5.60 Å². The summed E-state index contributed by atoms with van der Waals surface area (Å²) in [6, 6.07) is 0.737. The lowest BCUT2D eigenvalue weighted by Gasteiger charge is -2.43. The molecule has 2 aliphatic rings. The van der Waals surface area contributed by atoms with E-state index in [1.165, 1.54) is 44.9 Å². The fourth-order valence-electron chi connectivity index (χ4n) is 2.96. The average Bonchev–Trinajstić information content (AvgIpc) is 2.19. The Kier molecular flexibility index (Phi) is 3.60. The van der Waals surface area contributed by atoms with Crippen molar-refractivity contribution in [1.82, 2.24) is 5.32 Å². The fraction of sp³-hybridized carbons (Fsp3) is 1.00. The molecule has 0 atom stereocenters. The van der Waals surface area contributed by atoms with Crippen LogP contribution in [-0.4, -0.2) is 25.3 Å². The molecule has 0 aromatic rings. The van der Waals surface area contributed by atoms with Crippen molar-refractivity contribution in [2.75, 3.05) is 13.7 Å². The van der Waals surface area contributed by atoms with Crippen molar-refractivity contribution in [3.63, 3.8) is 0 Å². The van der Waals surface area contributed by atoms with Crippen molar-refractivity contribution < 1.29 is 4.74 Å². The average molecular weight is 225 g/mol. The predicted molar refractivity (Wildman–Crippen MR) is 67.6 cm³/mol. The monoisotopic (exact) mass is 225 g/mol. The van der Waals surface area contributed by atoms with Crippen LogP contribution < -0.4 is 5.32 Å². The van der Waals surface area contributed by atoms with E-state index in [-0.39, 0.29) is 5.60 Å². The van der Waals surface area contributed by atoms with Gasteiger partial charge in [0.25, 0.3) is 0 Å². The molecule has 94 valence electrons. The molecule has 0 aliphatic heterocycles. The van der Waals surface area contributed by atoms with Crippen molar-refractivity contribution in [2.45, 2.75) is 70.4 Å². The summed E-state index contributed by atoms with van der Waals surface area (Å²) in [7, 11) is 1.87. The molecule has 2 rings (SSSR count).